The van der Waals surface area contributed by atoms with Crippen molar-refractivity contribution >= 4 is 60.7 Å². The summed E-state index contributed by atoms with van der Waals surface area (Å²) in [6, 6.07) is 25.4. The molecule has 0 fully saturated rings. The summed E-state index contributed by atoms with van der Waals surface area (Å²) in [4.78, 5) is 13.4. The van der Waals surface area contributed by atoms with Crippen LogP contribution in [0, 0.1) is 13.8 Å². The second-order valence-corrected chi connectivity index (χ2v) is 11.6. The van der Waals surface area contributed by atoms with E-state index >= 15 is 0 Å². The van der Waals surface area contributed by atoms with Crippen molar-refractivity contribution in [2.75, 3.05) is 16.2 Å². The van der Waals surface area contributed by atoms with Crippen LogP contribution in [0.1, 0.15) is 18.1 Å². The molecule has 1 aromatic heterocycles. The van der Waals surface area contributed by atoms with E-state index in [9.17, 15) is 13.2 Å². The first kappa shape index (κ1) is 25.8. The van der Waals surface area contributed by atoms with Gasteiger partial charge in [-0.25, -0.2) is 8.42 Å². The van der Waals surface area contributed by atoms with E-state index < -0.39 is 22.5 Å². The first-order valence-corrected chi connectivity index (χ1v) is 14.2. The van der Waals surface area contributed by atoms with E-state index in [4.69, 9.17) is 11.6 Å². The summed E-state index contributed by atoms with van der Waals surface area (Å²) in [6.45, 7) is 6.19. The molecule has 1 N–H and O–H groups in total. The lowest BCUT2D eigenvalue weighted by Crippen LogP contribution is -2.38. The van der Waals surface area contributed by atoms with Crippen LogP contribution >= 0.6 is 11.6 Å². The van der Waals surface area contributed by atoms with Gasteiger partial charge in [0.05, 0.1) is 10.6 Å². The largest absolute Gasteiger partial charge is 0.341 e. The van der Waals surface area contributed by atoms with Crippen molar-refractivity contribution in [1.29, 1.82) is 0 Å². The zero-order chi connectivity index (χ0) is 27.0. The van der Waals surface area contributed by atoms with Gasteiger partial charge in [-0.2, -0.15) is 0 Å². The van der Waals surface area contributed by atoms with Gasteiger partial charge in [0, 0.05) is 39.1 Å². The minimum absolute atomic E-state index is 0.110. The molecular weight excluding hydrogens is 518 g/mol. The standard InChI is InChI=1S/C30H28ClN3O3S/c1-4-33-28-8-6-5-7-25(28)26-18-23(12-16-29(26)33)32-30(35)19-34(27-15-11-22(31)17-21(27)3)38(36,37)24-13-9-20(2)10-14-24/h5-18H,4,19H2,1-3H3,(H,32,35). The second-order valence-electron chi connectivity index (χ2n) is 9.30. The summed E-state index contributed by atoms with van der Waals surface area (Å²) in [7, 11) is -4.03. The number of carbonyl (C=O) groups excluding carboxylic acids is 1. The van der Waals surface area contributed by atoms with E-state index in [1.54, 1.807) is 49.4 Å². The first-order chi connectivity index (χ1) is 18.2. The van der Waals surface area contributed by atoms with E-state index in [1.807, 2.05) is 37.3 Å². The Balaban J connectivity index is 1.50. The molecule has 6 nitrogen and oxygen atoms in total. The van der Waals surface area contributed by atoms with Gasteiger partial charge in [-0.15, -0.1) is 0 Å². The van der Waals surface area contributed by atoms with Crippen LogP contribution in [0.15, 0.2) is 89.8 Å². The maximum Gasteiger partial charge on any atom is 0.264 e. The van der Waals surface area contributed by atoms with Crippen molar-refractivity contribution < 1.29 is 13.2 Å². The Labute approximate surface area is 227 Å². The van der Waals surface area contributed by atoms with Crippen LogP contribution in [0.4, 0.5) is 11.4 Å². The normalized spacial score (nSPS) is 11.7. The molecule has 0 radical (unpaired) electrons. The molecule has 38 heavy (non-hydrogen) atoms. The zero-order valence-corrected chi connectivity index (χ0v) is 23.0. The topological polar surface area (TPSA) is 71.4 Å². The molecule has 0 saturated carbocycles. The van der Waals surface area contributed by atoms with Crippen molar-refractivity contribution in [2.45, 2.75) is 32.2 Å². The van der Waals surface area contributed by atoms with Crippen LogP contribution in [0.3, 0.4) is 0 Å². The predicted molar refractivity (Wildman–Crippen MR) is 156 cm³/mol. The summed E-state index contributed by atoms with van der Waals surface area (Å²) in [5.74, 6) is -0.450. The number of rotatable bonds is 7. The summed E-state index contributed by atoms with van der Waals surface area (Å²) >= 11 is 6.14. The number of fused-ring (bicyclic) bond motifs is 3. The third-order valence-corrected chi connectivity index (χ3v) is 8.71. The number of nitrogens with one attached hydrogen (secondary N) is 1. The number of hydrogen-bond donors (Lipinski definition) is 1. The van der Waals surface area contributed by atoms with Gasteiger partial charge in [0.25, 0.3) is 10.0 Å². The molecule has 0 aliphatic heterocycles. The summed E-state index contributed by atoms with van der Waals surface area (Å²) in [5, 5.41) is 5.52. The van der Waals surface area contributed by atoms with Gasteiger partial charge in [0.1, 0.15) is 6.54 Å². The third-order valence-electron chi connectivity index (χ3n) is 6.70. The van der Waals surface area contributed by atoms with Crippen LogP contribution in [0.25, 0.3) is 21.8 Å². The van der Waals surface area contributed by atoms with Gasteiger partial charge in [0.2, 0.25) is 5.91 Å². The number of benzene rings is 4. The van der Waals surface area contributed by atoms with Gasteiger partial charge < -0.3 is 9.88 Å². The fourth-order valence-corrected chi connectivity index (χ4v) is 6.55. The number of anilines is 2. The van der Waals surface area contributed by atoms with Crippen LogP contribution in [0.5, 0.6) is 0 Å². The van der Waals surface area contributed by atoms with Crippen molar-refractivity contribution in [3.05, 3.63) is 101 Å². The van der Waals surface area contributed by atoms with E-state index in [0.717, 1.165) is 38.2 Å². The Morgan fingerprint density at radius 1 is 0.895 bits per heavy atom. The molecule has 5 aromatic rings. The summed E-state index contributed by atoms with van der Waals surface area (Å²) < 4.78 is 30.8. The molecule has 0 atom stereocenters. The number of carbonyl (C=O) groups is 1. The minimum Gasteiger partial charge on any atom is -0.341 e. The highest BCUT2D eigenvalue weighted by Gasteiger charge is 2.28. The Morgan fingerprint density at radius 2 is 1.61 bits per heavy atom. The molecule has 0 unspecified atom stereocenters. The highest BCUT2D eigenvalue weighted by atomic mass is 35.5. The Hall–Kier alpha value is -3.81. The maximum atomic E-state index is 13.7. The van der Waals surface area contributed by atoms with Crippen molar-refractivity contribution in [3.8, 4) is 0 Å². The Kier molecular flexibility index (Phi) is 6.90. The summed E-state index contributed by atoms with van der Waals surface area (Å²) in [6.07, 6.45) is 0. The number of amides is 1. The van der Waals surface area contributed by atoms with Crippen LogP contribution in [-0.4, -0.2) is 25.4 Å². The van der Waals surface area contributed by atoms with Crippen molar-refractivity contribution in [2.24, 2.45) is 0 Å². The Morgan fingerprint density at radius 3 is 2.32 bits per heavy atom. The smallest absolute Gasteiger partial charge is 0.264 e. The van der Waals surface area contributed by atoms with Crippen LogP contribution in [0.2, 0.25) is 5.02 Å². The number of nitrogens with zero attached hydrogens (tertiary/aromatic N) is 2. The molecule has 8 heteroatoms. The number of aryl methyl sites for hydroxylation is 3. The number of para-hydroxylation sites is 1. The lowest BCUT2D eigenvalue weighted by atomic mass is 10.1. The predicted octanol–water partition coefficient (Wildman–Crippen LogP) is 6.92. The average Bonchev–Trinajstić information content (AvgIpc) is 3.21. The fraction of sp³-hybridized carbons (Fsp3) is 0.167. The van der Waals surface area contributed by atoms with E-state index in [0.29, 0.717) is 22.0 Å². The molecule has 5 rings (SSSR count). The van der Waals surface area contributed by atoms with Gasteiger partial charge in [0.15, 0.2) is 0 Å². The molecule has 194 valence electrons. The van der Waals surface area contributed by atoms with E-state index in [2.05, 4.69) is 28.9 Å². The maximum absolute atomic E-state index is 13.7. The molecule has 4 aromatic carbocycles. The average molecular weight is 546 g/mol. The van der Waals surface area contributed by atoms with Gasteiger partial charge in [-0.3, -0.25) is 9.10 Å². The number of halogens is 1. The highest BCUT2D eigenvalue weighted by molar-refractivity contribution is 7.92. The number of aromatic nitrogens is 1. The SMILES string of the molecule is CCn1c2ccccc2c2cc(NC(=O)CN(c3ccc(Cl)cc3C)S(=O)(=O)c3ccc(C)cc3)ccc21. The monoisotopic (exact) mass is 545 g/mol. The van der Waals surface area contributed by atoms with Gasteiger partial charge in [-0.05, 0) is 80.9 Å². The van der Waals surface area contributed by atoms with Gasteiger partial charge in [-0.1, -0.05) is 47.5 Å². The lowest BCUT2D eigenvalue weighted by Gasteiger charge is -2.26. The van der Waals surface area contributed by atoms with Crippen molar-refractivity contribution in [3.63, 3.8) is 0 Å². The minimum atomic E-state index is -4.03. The molecule has 0 aliphatic rings. The van der Waals surface area contributed by atoms with Gasteiger partial charge >= 0.3 is 0 Å². The quantitative estimate of drug-likeness (QED) is 0.241. The van der Waals surface area contributed by atoms with Crippen LogP contribution < -0.4 is 9.62 Å². The molecule has 1 amide bonds. The van der Waals surface area contributed by atoms with Crippen LogP contribution in [-0.2, 0) is 21.4 Å². The molecular formula is C30H28ClN3O3S. The first-order valence-electron chi connectivity index (χ1n) is 12.4. The molecule has 0 spiro atoms. The zero-order valence-electron chi connectivity index (χ0n) is 21.4. The molecule has 0 aliphatic carbocycles. The lowest BCUT2D eigenvalue weighted by molar-refractivity contribution is -0.114. The number of sulfonamides is 1. The molecule has 0 saturated heterocycles. The molecule has 1 heterocycles. The van der Waals surface area contributed by atoms with Crippen molar-refractivity contribution in [1.82, 2.24) is 4.57 Å². The summed E-state index contributed by atoms with van der Waals surface area (Å²) in [5.41, 5.74) is 4.79. The fourth-order valence-electron chi connectivity index (χ4n) is 4.84. The van der Waals surface area contributed by atoms with E-state index in [-0.39, 0.29) is 4.90 Å². The highest BCUT2D eigenvalue weighted by Crippen LogP contribution is 2.32. The molecule has 0 bridgehead atoms. The van der Waals surface area contributed by atoms with E-state index in [1.165, 1.54) is 0 Å². The second kappa shape index (κ2) is 10.2. The third kappa shape index (κ3) is 4.75. The number of hydrogen-bond acceptors (Lipinski definition) is 3. The Bertz CT molecular complexity index is 1780.